The van der Waals surface area contributed by atoms with E-state index in [0.29, 0.717) is 13.0 Å². The van der Waals surface area contributed by atoms with Crippen molar-refractivity contribution in [3.63, 3.8) is 0 Å². The fourth-order valence-corrected chi connectivity index (χ4v) is 0.315. The SMILES string of the molecule is [NH]N1CCC1=O. The van der Waals surface area contributed by atoms with Crippen LogP contribution in [0.25, 0.3) is 0 Å². The smallest absolute Gasteiger partial charge is 0.239 e. The molecule has 1 N–H and O–H groups in total. The van der Waals surface area contributed by atoms with E-state index in [-0.39, 0.29) is 5.91 Å². The first-order chi connectivity index (χ1) is 2.80. The molecule has 33 valence electrons. The Morgan fingerprint density at radius 2 is 2.33 bits per heavy atom. The number of amides is 1. The van der Waals surface area contributed by atoms with Crippen LogP contribution >= 0.6 is 0 Å². The molecule has 3 heteroatoms. The van der Waals surface area contributed by atoms with Crippen molar-refractivity contribution in [2.45, 2.75) is 6.42 Å². The van der Waals surface area contributed by atoms with Crippen molar-refractivity contribution in [3.05, 3.63) is 0 Å². The molecule has 1 heterocycles. The highest BCUT2D eigenvalue weighted by atomic mass is 16.2. The van der Waals surface area contributed by atoms with E-state index in [1.165, 1.54) is 0 Å². The quantitative estimate of drug-likeness (QED) is 0.363. The maximum absolute atomic E-state index is 9.97. The lowest BCUT2D eigenvalue weighted by Crippen LogP contribution is -2.41. The van der Waals surface area contributed by atoms with Crippen LogP contribution in [0.3, 0.4) is 0 Å². The summed E-state index contributed by atoms with van der Waals surface area (Å²) < 4.78 is 0. The van der Waals surface area contributed by atoms with Crippen molar-refractivity contribution in [3.8, 4) is 0 Å². The van der Waals surface area contributed by atoms with E-state index < -0.39 is 0 Å². The zero-order valence-corrected chi connectivity index (χ0v) is 3.27. The molecule has 0 saturated carbocycles. The standard InChI is InChI=1S/C3H5N2O/c4-5-2-1-3(5)6/h4H,1-2H2. The Morgan fingerprint density at radius 1 is 1.83 bits per heavy atom. The first-order valence-electron chi connectivity index (χ1n) is 1.82. The second-order valence-corrected chi connectivity index (χ2v) is 1.30. The van der Waals surface area contributed by atoms with E-state index in [1.54, 1.807) is 0 Å². The van der Waals surface area contributed by atoms with Crippen molar-refractivity contribution in [1.29, 1.82) is 0 Å². The Balaban J connectivity index is 2.39. The summed E-state index contributed by atoms with van der Waals surface area (Å²) in [5.74, 6) is 6.54. The summed E-state index contributed by atoms with van der Waals surface area (Å²) in [6.07, 6.45) is 0.573. The first-order valence-corrected chi connectivity index (χ1v) is 1.82. The summed E-state index contributed by atoms with van der Waals surface area (Å²) in [6, 6.07) is 0. The molecule has 1 aliphatic rings. The number of rotatable bonds is 0. The maximum atomic E-state index is 9.97. The Bertz CT molecular complexity index is 80.9. The van der Waals surface area contributed by atoms with Crippen LogP contribution in [0.4, 0.5) is 0 Å². The number of hydrogen-bond donors (Lipinski definition) is 0. The Morgan fingerprint density at radius 3 is 2.33 bits per heavy atom. The zero-order chi connectivity index (χ0) is 4.57. The third-order valence-electron chi connectivity index (χ3n) is 0.850. The molecule has 0 unspecified atom stereocenters. The van der Waals surface area contributed by atoms with Crippen LogP contribution < -0.4 is 5.84 Å². The van der Waals surface area contributed by atoms with Crippen molar-refractivity contribution >= 4 is 5.91 Å². The van der Waals surface area contributed by atoms with Gasteiger partial charge < -0.3 is 0 Å². The maximum Gasteiger partial charge on any atom is 0.239 e. The van der Waals surface area contributed by atoms with Crippen LogP contribution in [-0.4, -0.2) is 17.5 Å². The van der Waals surface area contributed by atoms with Gasteiger partial charge in [0.15, 0.2) is 0 Å². The first kappa shape index (κ1) is 3.61. The molecule has 1 amide bonds. The number of nitrogens with zero attached hydrogens (tertiary/aromatic N) is 1. The van der Waals surface area contributed by atoms with Gasteiger partial charge in [0.05, 0.1) is 0 Å². The average molecular weight is 85.1 g/mol. The molecule has 6 heavy (non-hydrogen) atoms. The van der Waals surface area contributed by atoms with Gasteiger partial charge in [0.1, 0.15) is 0 Å². The van der Waals surface area contributed by atoms with Crippen molar-refractivity contribution in [2.75, 3.05) is 6.54 Å². The average Bonchev–Trinajstić information content (AvgIpc) is 1.61. The molecular formula is C3H5N2O. The van der Waals surface area contributed by atoms with Crippen molar-refractivity contribution in [2.24, 2.45) is 0 Å². The highest BCUT2D eigenvalue weighted by molar-refractivity contribution is 5.80. The normalized spacial score (nSPS) is 20.8. The molecule has 0 spiro atoms. The third-order valence-corrected chi connectivity index (χ3v) is 0.850. The molecular weight excluding hydrogens is 80.0 g/mol. The van der Waals surface area contributed by atoms with Gasteiger partial charge in [0.25, 0.3) is 0 Å². The third kappa shape index (κ3) is 0.285. The van der Waals surface area contributed by atoms with E-state index in [1.807, 2.05) is 0 Å². The topological polar surface area (TPSA) is 44.1 Å². The fourth-order valence-electron chi connectivity index (χ4n) is 0.315. The number of hydrogen-bond acceptors (Lipinski definition) is 1. The summed E-state index contributed by atoms with van der Waals surface area (Å²) in [5.41, 5.74) is 0. The van der Waals surface area contributed by atoms with Gasteiger partial charge in [0, 0.05) is 13.0 Å². The molecule has 0 atom stereocenters. The number of nitrogens with one attached hydrogen (secondary N) is 1. The number of carbonyl (C=O) groups is 1. The minimum atomic E-state index is -0.0602. The van der Waals surface area contributed by atoms with Gasteiger partial charge in [-0.1, -0.05) is 0 Å². The van der Waals surface area contributed by atoms with Crippen LogP contribution in [-0.2, 0) is 4.79 Å². The van der Waals surface area contributed by atoms with Crippen LogP contribution in [0.1, 0.15) is 6.42 Å². The van der Waals surface area contributed by atoms with Gasteiger partial charge in [-0.15, -0.1) is 5.84 Å². The molecule has 1 aliphatic heterocycles. The molecule has 1 saturated heterocycles. The molecule has 1 fully saturated rings. The molecule has 0 bridgehead atoms. The second-order valence-electron chi connectivity index (χ2n) is 1.30. The molecule has 1 rings (SSSR count). The minimum absolute atomic E-state index is 0.0602. The van der Waals surface area contributed by atoms with Gasteiger partial charge in [-0.05, 0) is 0 Å². The van der Waals surface area contributed by atoms with E-state index in [9.17, 15) is 4.79 Å². The lowest BCUT2D eigenvalue weighted by atomic mass is 10.3. The Kier molecular flexibility index (Phi) is 0.569. The molecule has 0 aromatic heterocycles. The van der Waals surface area contributed by atoms with Gasteiger partial charge in [-0.25, -0.2) is 0 Å². The molecule has 0 aromatic rings. The Labute approximate surface area is 35.7 Å². The predicted molar refractivity (Wildman–Crippen MR) is 19.4 cm³/mol. The van der Waals surface area contributed by atoms with Crippen LogP contribution in [0.5, 0.6) is 0 Å². The lowest BCUT2D eigenvalue weighted by molar-refractivity contribution is -0.140. The summed E-state index contributed by atoms with van der Waals surface area (Å²) in [6.45, 7) is 0.624. The second kappa shape index (κ2) is 0.944. The summed E-state index contributed by atoms with van der Waals surface area (Å²) in [5, 5.41) is 0.958. The molecule has 0 aliphatic carbocycles. The van der Waals surface area contributed by atoms with Crippen LogP contribution in [0.2, 0.25) is 0 Å². The molecule has 1 radical (unpaired) electrons. The molecule has 3 nitrogen and oxygen atoms in total. The van der Waals surface area contributed by atoms with Crippen LogP contribution in [0.15, 0.2) is 0 Å². The van der Waals surface area contributed by atoms with E-state index in [2.05, 4.69) is 0 Å². The zero-order valence-electron chi connectivity index (χ0n) is 3.27. The summed E-state index contributed by atoms with van der Waals surface area (Å²) in [7, 11) is 0. The predicted octanol–water partition coefficient (Wildman–Crippen LogP) is -0.583. The Hall–Kier alpha value is -0.570. The van der Waals surface area contributed by atoms with E-state index >= 15 is 0 Å². The summed E-state index contributed by atoms with van der Waals surface area (Å²) >= 11 is 0. The highest BCUT2D eigenvalue weighted by Gasteiger charge is 2.19. The molecule has 0 aromatic carbocycles. The van der Waals surface area contributed by atoms with Crippen molar-refractivity contribution in [1.82, 2.24) is 10.9 Å². The number of carbonyl (C=O) groups excluding carboxylic acids is 1. The number of β-lactam (4-membered cyclic amide) rings is 1. The van der Waals surface area contributed by atoms with Gasteiger partial charge in [-0.3, -0.25) is 9.80 Å². The van der Waals surface area contributed by atoms with E-state index in [0.717, 1.165) is 5.01 Å². The minimum Gasteiger partial charge on any atom is -0.273 e. The largest absolute Gasteiger partial charge is 0.273 e. The highest BCUT2D eigenvalue weighted by Crippen LogP contribution is 2.00. The van der Waals surface area contributed by atoms with Crippen LogP contribution in [0, 0.1) is 0 Å². The van der Waals surface area contributed by atoms with Crippen molar-refractivity contribution < 1.29 is 4.79 Å². The fraction of sp³-hybridized carbons (Fsp3) is 0.667. The van der Waals surface area contributed by atoms with Gasteiger partial charge >= 0.3 is 0 Å². The van der Waals surface area contributed by atoms with Gasteiger partial charge in [-0.2, -0.15) is 0 Å². The monoisotopic (exact) mass is 85.0 g/mol. The lowest BCUT2D eigenvalue weighted by Gasteiger charge is -2.22. The van der Waals surface area contributed by atoms with E-state index in [4.69, 9.17) is 5.84 Å². The van der Waals surface area contributed by atoms with Gasteiger partial charge in [0.2, 0.25) is 5.91 Å². The summed E-state index contributed by atoms with van der Waals surface area (Å²) in [4.78, 5) is 9.97.